The monoisotopic (exact) mass is 379 g/mol. The van der Waals surface area contributed by atoms with Gasteiger partial charge in [0.05, 0.1) is 12.3 Å². The van der Waals surface area contributed by atoms with Crippen molar-refractivity contribution in [3.05, 3.63) is 59.7 Å². The molecule has 2 aromatic rings. The van der Waals surface area contributed by atoms with Gasteiger partial charge in [0, 0.05) is 4.90 Å². The van der Waals surface area contributed by atoms with Gasteiger partial charge in [-0.25, -0.2) is 8.78 Å². The minimum Gasteiger partial charge on any atom is -0.492 e. The van der Waals surface area contributed by atoms with E-state index in [0.717, 1.165) is 29.6 Å². The number of rotatable bonds is 7. The predicted octanol–water partition coefficient (Wildman–Crippen LogP) is 4.55. The number of hydrogen-bond donors (Lipinski definition) is 1. The van der Waals surface area contributed by atoms with Gasteiger partial charge in [0.2, 0.25) is 5.91 Å². The van der Waals surface area contributed by atoms with Gasteiger partial charge in [0.15, 0.2) is 11.6 Å². The maximum atomic E-state index is 13.1. The lowest BCUT2D eigenvalue weighted by Gasteiger charge is -2.19. The van der Waals surface area contributed by atoms with Crippen LogP contribution in [0.4, 0.5) is 8.78 Å². The Morgan fingerprint density at radius 1 is 1.08 bits per heavy atom. The van der Waals surface area contributed by atoms with E-state index in [0.29, 0.717) is 18.0 Å². The molecule has 0 atom stereocenters. The molecule has 1 amide bonds. The molecule has 2 aromatic carbocycles. The molecule has 0 heterocycles. The maximum absolute atomic E-state index is 13.1. The Hall–Kier alpha value is -2.08. The molecule has 0 aliphatic carbocycles. The summed E-state index contributed by atoms with van der Waals surface area (Å²) in [5, 5.41) is 2.73. The molecule has 140 valence electrons. The van der Waals surface area contributed by atoms with Crippen LogP contribution in [0, 0.1) is 11.6 Å². The number of ether oxygens (including phenoxy) is 1. The standard InChI is InChI=1S/C20H23F2NO2S/c1-20(2,3)14-4-6-15(7-5-14)25-11-10-23-19(24)13-26-16-8-9-17(21)18(22)12-16/h4-9,12H,10-11,13H2,1-3H3,(H,23,24). The van der Waals surface area contributed by atoms with Gasteiger partial charge in [-0.2, -0.15) is 0 Å². The Bertz CT molecular complexity index is 742. The molecular formula is C20H23F2NO2S. The smallest absolute Gasteiger partial charge is 0.230 e. The molecule has 26 heavy (non-hydrogen) atoms. The summed E-state index contributed by atoms with van der Waals surface area (Å²) in [5.41, 5.74) is 1.32. The van der Waals surface area contributed by atoms with Crippen LogP contribution in [0.1, 0.15) is 26.3 Å². The van der Waals surface area contributed by atoms with Crippen LogP contribution in [0.5, 0.6) is 5.75 Å². The normalized spacial score (nSPS) is 11.3. The van der Waals surface area contributed by atoms with Crippen molar-refractivity contribution < 1.29 is 18.3 Å². The van der Waals surface area contributed by atoms with E-state index < -0.39 is 11.6 Å². The molecule has 0 aromatic heterocycles. The lowest BCUT2D eigenvalue weighted by atomic mass is 9.87. The van der Waals surface area contributed by atoms with E-state index in [1.807, 2.05) is 24.3 Å². The topological polar surface area (TPSA) is 38.3 Å². The van der Waals surface area contributed by atoms with Gasteiger partial charge in [0.25, 0.3) is 0 Å². The summed E-state index contributed by atoms with van der Waals surface area (Å²) in [6.07, 6.45) is 0. The van der Waals surface area contributed by atoms with Crippen molar-refractivity contribution in [1.82, 2.24) is 5.32 Å². The average molecular weight is 379 g/mol. The van der Waals surface area contributed by atoms with Crippen molar-refractivity contribution in [3.63, 3.8) is 0 Å². The number of halogens is 2. The molecule has 0 radical (unpaired) electrons. The quantitative estimate of drug-likeness (QED) is 0.567. The highest BCUT2D eigenvalue weighted by molar-refractivity contribution is 8.00. The lowest BCUT2D eigenvalue weighted by Crippen LogP contribution is -2.29. The van der Waals surface area contributed by atoms with Crippen molar-refractivity contribution in [2.75, 3.05) is 18.9 Å². The molecular weight excluding hydrogens is 356 g/mol. The van der Waals surface area contributed by atoms with Crippen LogP contribution < -0.4 is 10.1 Å². The van der Waals surface area contributed by atoms with Crippen LogP contribution >= 0.6 is 11.8 Å². The van der Waals surface area contributed by atoms with Crippen LogP contribution in [0.3, 0.4) is 0 Å². The Labute approximate surface area is 157 Å². The highest BCUT2D eigenvalue weighted by Gasteiger charge is 2.13. The zero-order chi connectivity index (χ0) is 19.2. The molecule has 0 aliphatic rings. The first-order valence-electron chi connectivity index (χ1n) is 8.33. The van der Waals surface area contributed by atoms with Gasteiger partial charge in [-0.1, -0.05) is 32.9 Å². The van der Waals surface area contributed by atoms with Gasteiger partial charge in [0.1, 0.15) is 12.4 Å². The van der Waals surface area contributed by atoms with Crippen molar-refractivity contribution in [3.8, 4) is 5.75 Å². The summed E-state index contributed by atoms with van der Waals surface area (Å²) in [6.45, 7) is 7.18. The molecule has 0 unspecified atom stereocenters. The molecule has 0 aliphatic heterocycles. The lowest BCUT2D eigenvalue weighted by molar-refractivity contribution is -0.118. The molecule has 6 heteroatoms. The van der Waals surface area contributed by atoms with Crippen molar-refractivity contribution in [2.24, 2.45) is 0 Å². The molecule has 0 fully saturated rings. The molecule has 0 spiro atoms. The van der Waals surface area contributed by atoms with Gasteiger partial charge < -0.3 is 10.1 Å². The summed E-state index contributed by atoms with van der Waals surface area (Å²) >= 11 is 1.15. The SMILES string of the molecule is CC(C)(C)c1ccc(OCCNC(=O)CSc2ccc(F)c(F)c2)cc1. The summed E-state index contributed by atoms with van der Waals surface area (Å²) in [7, 11) is 0. The van der Waals surface area contributed by atoms with Crippen molar-refractivity contribution >= 4 is 17.7 Å². The Morgan fingerprint density at radius 3 is 2.38 bits per heavy atom. The number of carbonyl (C=O) groups excluding carboxylic acids is 1. The number of hydrogen-bond acceptors (Lipinski definition) is 3. The van der Waals surface area contributed by atoms with E-state index in [4.69, 9.17) is 4.74 Å². The van der Waals surface area contributed by atoms with Gasteiger partial charge in [-0.15, -0.1) is 11.8 Å². The summed E-state index contributed by atoms with van der Waals surface area (Å²) in [4.78, 5) is 12.3. The summed E-state index contributed by atoms with van der Waals surface area (Å²) in [5.74, 6) is -1.12. The fourth-order valence-electron chi connectivity index (χ4n) is 2.18. The van der Waals surface area contributed by atoms with E-state index in [-0.39, 0.29) is 17.1 Å². The third-order valence-electron chi connectivity index (χ3n) is 3.67. The molecule has 0 saturated carbocycles. The largest absolute Gasteiger partial charge is 0.492 e. The first-order valence-corrected chi connectivity index (χ1v) is 9.32. The van der Waals surface area contributed by atoms with Crippen LogP contribution in [-0.2, 0) is 10.2 Å². The average Bonchev–Trinajstić information content (AvgIpc) is 2.59. The van der Waals surface area contributed by atoms with Crippen LogP contribution in [0.25, 0.3) is 0 Å². The van der Waals surface area contributed by atoms with Crippen LogP contribution in [0.2, 0.25) is 0 Å². The third kappa shape index (κ3) is 6.33. The first-order chi connectivity index (χ1) is 12.3. The van der Waals surface area contributed by atoms with Gasteiger partial charge >= 0.3 is 0 Å². The number of nitrogens with one attached hydrogen (secondary N) is 1. The molecule has 2 rings (SSSR count). The Morgan fingerprint density at radius 2 is 1.77 bits per heavy atom. The second-order valence-corrected chi connectivity index (χ2v) is 7.89. The minimum absolute atomic E-state index is 0.0949. The zero-order valence-electron chi connectivity index (χ0n) is 15.1. The number of thioether (sulfide) groups is 1. The second-order valence-electron chi connectivity index (χ2n) is 6.84. The Balaban J connectivity index is 1.67. The number of amides is 1. The van der Waals surface area contributed by atoms with Gasteiger partial charge in [-0.05, 0) is 41.3 Å². The van der Waals surface area contributed by atoms with Gasteiger partial charge in [-0.3, -0.25) is 4.79 Å². The number of carbonyl (C=O) groups is 1. The fraction of sp³-hybridized carbons (Fsp3) is 0.350. The van der Waals surface area contributed by atoms with Crippen LogP contribution in [0.15, 0.2) is 47.4 Å². The molecule has 0 saturated heterocycles. The van der Waals surface area contributed by atoms with E-state index in [9.17, 15) is 13.6 Å². The molecule has 1 N–H and O–H groups in total. The fourth-order valence-corrected chi connectivity index (χ4v) is 2.93. The predicted molar refractivity (Wildman–Crippen MR) is 101 cm³/mol. The third-order valence-corrected chi connectivity index (χ3v) is 4.67. The Kier molecular flexibility index (Phi) is 7.03. The first kappa shape index (κ1) is 20.2. The van der Waals surface area contributed by atoms with E-state index in [1.165, 1.54) is 11.6 Å². The summed E-state index contributed by atoms with van der Waals surface area (Å²) in [6, 6.07) is 11.5. The van der Waals surface area contributed by atoms with E-state index in [1.54, 1.807) is 0 Å². The van der Waals surface area contributed by atoms with E-state index in [2.05, 4.69) is 26.1 Å². The molecule has 3 nitrogen and oxygen atoms in total. The van der Waals surface area contributed by atoms with Crippen molar-refractivity contribution in [2.45, 2.75) is 31.1 Å². The van der Waals surface area contributed by atoms with E-state index >= 15 is 0 Å². The summed E-state index contributed by atoms with van der Waals surface area (Å²) < 4.78 is 31.5. The highest BCUT2D eigenvalue weighted by Crippen LogP contribution is 2.24. The van der Waals surface area contributed by atoms with Crippen molar-refractivity contribution in [1.29, 1.82) is 0 Å². The second kappa shape index (κ2) is 9.03. The maximum Gasteiger partial charge on any atom is 0.230 e. The zero-order valence-corrected chi connectivity index (χ0v) is 16.0. The minimum atomic E-state index is -0.915. The highest BCUT2D eigenvalue weighted by atomic mass is 32.2. The van der Waals surface area contributed by atoms with Crippen LogP contribution in [-0.4, -0.2) is 24.8 Å². The number of benzene rings is 2. The molecule has 0 bridgehead atoms.